The summed E-state index contributed by atoms with van der Waals surface area (Å²) in [5.74, 6) is -47.4. The summed E-state index contributed by atoms with van der Waals surface area (Å²) in [4.78, 5) is -1.41. The van der Waals surface area contributed by atoms with Gasteiger partial charge in [-0.05, 0) is 39.8 Å². The maximum absolute atomic E-state index is 16.3. The van der Waals surface area contributed by atoms with E-state index < -0.39 is 155 Å². The summed E-state index contributed by atoms with van der Waals surface area (Å²) in [5, 5.41) is 0. The van der Waals surface area contributed by atoms with Crippen molar-refractivity contribution >= 4 is 40.6 Å². The zero-order valence-electron chi connectivity index (χ0n) is 27.2. The molecule has 0 aromatic heterocycles. The molecule has 0 heterocycles. The zero-order chi connectivity index (χ0) is 40.3. The van der Waals surface area contributed by atoms with E-state index in [1.165, 1.54) is 6.92 Å². The molecule has 0 atom stereocenters. The Hall–Kier alpha value is -3.97. The minimum atomic E-state index is -6.58. The van der Waals surface area contributed by atoms with Crippen LogP contribution in [0.4, 0.5) is 71.5 Å². The highest BCUT2D eigenvalue weighted by Crippen LogP contribution is 2.62. The summed E-state index contributed by atoms with van der Waals surface area (Å²) in [6.45, 7) is -1.73. The van der Waals surface area contributed by atoms with Crippen LogP contribution in [-0.4, -0.2) is 33.4 Å². The van der Waals surface area contributed by atoms with Crippen molar-refractivity contribution in [3.63, 3.8) is 0 Å². The third-order valence-corrected chi connectivity index (χ3v) is 14.8. The lowest BCUT2D eigenvalue weighted by Gasteiger charge is -2.52. The first-order valence-corrected chi connectivity index (χ1v) is 18.6. The highest BCUT2D eigenvalue weighted by molar-refractivity contribution is 7.95. The highest BCUT2D eigenvalue weighted by Gasteiger charge is 2.59. The number of nitrogens with zero attached hydrogens (tertiary/aromatic N) is 1. The van der Waals surface area contributed by atoms with Gasteiger partial charge in [-0.2, -0.15) is 0 Å². The zero-order valence-corrected chi connectivity index (χ0v) is 28.9. The number of aryl methyl sites for hydroxylation is 1. The fraction of sp³-hybridized carbons (Fsp3) is 0.226. The second kappa shape index (κ2) is 14.7. The van der Waals surface area contributed by atoms with Crippen LogP contribution < -0.4 is 15.1 Å². The predicted octanol–water partition coefficient (Wildman–Crippen LogP) is 8.54. The molecule has 0 spiro atoms. The molecule has 4 aromatic carbocycles. The maximum atomic E-state index is 16.3. The van der Waals surface area contributed by atoms with Crippen LogP contribution >= 0.6 is 7.49 Å². The summed E-state index contributed by atoms with van der Waals surface area (Å²) in [6.07, 6.45) is -1.70. The first-order valence-electron chi connectivity index (χ1n) is 14.9. The number of sulfonamides is 1. The van der Waals surface area contributed by atoms with E-state index in [4.69, 9.17) is 4.44 Å². The van der Waals surface area contributed by atoms with Crippen LogP contribution in [0, 0.1) is 94.2 Å². The molecular weight excluding hydrogens is 793 g/mol. The maximum Gasteiger partial charge on any atom is 0.333 e. The number of halogens is 15. The van der Waals surface area contributed by atoms with Gasteiger partial charge in [0, 0.05) is 0 Å². The van der Waals surface area contributed by atoms with Crippen molar-refractivity contribution in [3.05, 3.63) is 117 Å². The van der Waals surface area contributed by atoms with Gasteiger partial charge in [0.25, 0.3) is 0 Å². The van der Waals surface area contributed by atoms with E-state index in [1.807, 2.05) is 0 Å². The minimum absolute atomic E-state index is 0.173. The molecule has 288 valence electrons. The van der Waals surface area contributed by atoms with Gasteiger partial charge < -0.3 is 8.66 Å². The number of hydrogen-bond donors (Lipinski definition) is 0. The molecule has 0 aliphatic heterocycles. The number of hydrogen-bond acceptors (Lipinski definition) is 3. The molecule has 4 aromatic rings. The monoisotopic (exact) mass is 815 g/mol. The van der Waals surface area contributed by atoms with E-state index in [-0.39, 0.29) is 5.56 Å². The second-order valence-corrected chi connectivity index (χ2v) is 17.4. The summed E-state index contributed by atoms with van der Waals surface area (Å²) < 4.78 is 265. The highest BCUT2D eigenvalue weighted by atomic mass is 32.2. The average molecular weight is 815 g/mol. The number of rotatable bonds is 11. The molecular formula is C31H22BF15NO3PS. The molecule has 0 saturated carbocycles. The molecule has 0 N–H and O–H groups in total. The Labute approximate surface area is 291 Å². The molecule has 0 radical (unpaired) electrons. The third kappa shape index (κ3) is 6.31. The van der Waals surface area contributed by atoms with E-state index in [0.717, 1.165) is 32.9 Å². The topological polar surface area (TPSA) is 46.6 Å². The van der Waals surface area contributed by atoms with Crippen LogP contribution in [0.5, 0.6) is 0 Å². The van der Waals surface area contributed by atoms with Crippen molar-refractivity contribution in [1.29, 1.82) is 0 Å². The molecule has 4 nitrogen and oxygen atoms in total. The van der Waals surface area contributed by atoms with Crippen molar-refractivity contribution in [2.75, 3.05) is 22.7 Å². The normalized spacial score (nSPS) is 12.5. The van der Waals surface area contributed by atoms with Gasteiger partial charge in [-0.15, -0.1) is 0 Å². The summed E-state index contributed by atoms with van der Waals surface area (Å²) in [7, 11) is -10.7. The third-order valence-electron chi connectivity index (χ3n) is 8.69. The standard InChI is InChI=1S/C31H22BF15NO3PS/c1-5-52(6-2,7-3)51-32(14-16(33)20(37)24(41)21(38)17(14)34,15-18(35)22(39)25(42)23(40)19(15)36)48(53(49,50)13-10-8-12(4)9-11-13)31-29(46)27(44)26(43)28(45)30(31)47/h8-11H,5-7H2,1-4H3. The SMILES string of the molecule is CC[P+](CC)(CC)O[B-](c1c(F)c(F)c(F)c(F)c1F)(c1c(F)c(F)c(F)c(F)c1F)N(c1c(F)c(F)c(F)c(F)c1F)S(=O)(=O)c1ccc(C)cc1. The van der Waals surface area contributed by atoms with E-state index in [9.17, 15) is 21.6 Å². The fourth-order valence-corrected chi connectivity index (χ4v) is 10.3. The summed E-state index contributed by atoms with van der Waals surface area (Å²) >= 11 is 0. The van der Waals surface area contributed by atoms with E-state index in [0.29, 0.717) is 12.1 Å². The van der Waals surface area contributed by atoms with E-state index in [1.54, 1.807) is 0 Å². The van der Waals surface area contributed by atoms with Gasteiger partial charge in [0.05, 0.1) is 36.6 Å². The molecule has 4 rings (SSSR count). The van der Waals surface area contributed by atoms with Gasteiger partial charge >= 0.3 is 6.48 Å². The van der Waals surface area contributed by atoms with Crippen LogP contribution in [0.1, 0.15) is 26.3 Å². The van der Waals surface area contributed by atoms with Crippen molar-refractivity contribution in [1.82, 2.24) is 0 Å². The lowest BCUT2D eigenvalue weighted by atomic mass is 9.41. The van der Waals surface area contributed by atoms with Crippen LogP contribution in [0.3, 0.4) is 0 Å². The Bertz CT molecular complexity index is 2070. The van der Waals surface area contributed by atoms with Gasteiger partial charge in [-0.25, -0.2) is 74.3 Å². The Morgan fingerprint density at radius 1 is 0.509 bits per heavy atom. The second-order valence-electron chi connectivity index (χ2n) is 11.4. The summed E-state index contributed by atoms with van der Waals surface area (Å²) in [5.41, 5.74) is -8.61. The molecule has 22 heteroatoms. The predicted molar refractivity (Wildman–Crippen MR) is 164 cm³/mol. The van der Waals surface area contributed by atoms with Crippen LogP contribution in [0.2, 0.25) is 0 Å². The first kappa shape index (κ1) is 41.8. The van der Waals surface area contributed by atoms with Gasteiger partial charge in [-0.3, -0.25) is 0 Å². The molecule has 0 aliphatic rings. The lowest BCUT2D eigenvalue weighted by molar-refractivity contribution is 0.376. The quantitative estimate of drug-likeness (QED) is 0.0502. The van der Waals surface area contributed by atoms with Crippen LogP contribution in [0.15, 0.2) is 29.2 Å². The van der Waals surface area contributed by atoms with Crippen molar-refractivity contribution in [3.8, 4) is 0 Å². The van der Waals surface area contributed by atoms with Crippen molar-refractivity contribution in [2.24, 2.45) is 0 Å². The molecule has 0 fully saturated rings. The van der Waals surface area contributed by atoms with Gasteiger partial charge in [0.1, 0.15) is 23.3 Å². The summed E-state index contributed by atoms with van der Waals surface area (Å²) in [6, 6.07) is 2.75. The average Bonchev–Trinajstić information content (AvgIpc) is 3.13. The Kier molecular flexibility index (Phi) is 11.6. The largest absolute Gasteiger partial charge is 0.400 e. The van der Waals surface area contributed by atoms with Gasteiger partial charge in [0.2, 0.25) is 15.8 Å². The van der Waals surface area contributed by atoms with Crippen LogP contribution in [-0.2, 0) is 14.5 Å². The van der Waals surface area contributed by atoms with E-state index in [2.05, 4.69) is 0 Å². The van der Waals surface area contributed by atoms with Crippen molar-refractivity contribution in [2.45, 2.75) is 32.6 Å². The molecule has 0 unspecified atom stereocenters. The number of benzene rings is 4. The molecule has 0 amide bonds. The Balaban J connectivity index is 2.63. The Morgan fingerprint density at radius 2 is 0.792 bits per heavy atom. The fourth-order valence-electron chi connectivity index (χ4n) is 5.78. The van der Waals surface area contributed by atoms with Crippen molar-refractivity contribution < 1.29 is 78.7 Å². The van der Waals surface area contributed by atoms with E-state index >= 15 is 52.7 Å². The lowest BCUT2D eigenvalue weighted by Crippen LogP contribution is -2.77. The van der Waals surface area contributed by atoms with Crippen LogP contribution in [0.25, 0.3) is 0 Å². The first-order chi connectivity index (χ1) is 24.5. The Morgan fingerprint density at radius 3 is 1.09 bits per heavy atom. The van der Waals surface area contributed by atoms with Gasteiger partial charge in [-0.1, -0.05) is 28.6 Å². The smallest absolute Gasteiger partial charge is 0.333 e. The van der Waals surface area contributed by atoms with Gasteiger partial charge in [0.15, 0.2) is 58.2 Å². The molecule has 0 aliphatic carbocycles. The molecule has 0 bridgehead atoms. The molecule has 53 heavy (non-hydrogen) atoms. The molecule has 0 saturated heterocycles. The number of anilines is 1. The minimum Gasteiger partial charge on any atom is -0.400 e.